The van der Waals surface area contributed by atoms with E-state index in [-0.39, 0.29) is 5.56 Å². The van der Waals surface area contributed by atoms with Crippen LogP contribution in [0.25, 0.3) is 0 Å². The van der Waals surface area contributed by atoms with Crippen LogP contribution in [0, 0.1) is 6.92 Å². The standard InChI is InChI=1S/C9H11N3O2.C3H8.C2H6/c1-7-8(11-5-10-6-13)3-4-9(14)12(7)2;1-3-2;1-2/h3-6H,1-2H3,(H,10,11,13);3H2,1-2H3;1-2H3. The average molecular weight is 267 g/mol. The molecule has 0 aliphatic rings. The van der Waals surface area contributed by atoms with Gasteiger partial charge < -0.3 is 9.88 Å². The van der Waals surface area contributed by atoms with Crippen LogP contribution in [0.15, 0.2) is 21.9 Å². The van der Waals surface area contributed by atoms with Crippen molar-refractivity contribution in [3.8, 4) is 0 Å². The Bertz CT molecular complexity index is 437. The van der Waals surface area contributed by atoms with Crippen LogP contribution >= 0.6 is 0 Å². The van der Waals surface area contributed by atoms with E-state index in [1.807, 2.05) is 13.8 Å². The topological polar surface area (TPSA) is 63.5 Å². The van der Waals surface area contributed by atoms with Gasteiger partial charge >= 0.3 is 0 Å². The van der Waals surface area contributed by atoms with Crippen molar-refractivity contribution in [2.45, 2.75) is 41.0 Å². The first-order valence-corrected chi connectivity index (χ1v) is 6.47. The Kier molecular flexibility index (Phi) is 12.8. The second-order valence-corrected chi connectivity index (χ2v) is 3.45. The first-order valence-electron chi connectivity index (χ1n) is 6.47. The highest BCUT2D eigenvalue weighted by Gasteiger charge is 1.99. The smallest absolute Gasteiger partial charge is 0.250 e. The molecular weight excluding hydrogens is 242 g/mol. The second-order valence-electron chi connectivity index (χ2n) is 3.45. The van der Waals surface area contributed by atoms with Crippen molar-refractivity contribution in [1.29, 1.82) is 0 Å². The van der Waals surface area contributed by atoms with E-state index < -0.39 is 0 Å². The number of aromatic nitrogens is 1. The fourth-order valence-corrected chi connectivity index (χ4v) is 0.993. The van der Waals surface area contributed by atoms with Crippen molar-refractivity contribution in [2.75, 3.05) is 0 Å². The maximum absolute atomic E-state index is 11.2. The quantitative estimate of drug-likeness (QED) is 0.519. The molecule has 1 amide bonds. The first kappa shape index (κ1) is 19.4. The molecule has 0 radical (unpaired) electrons. The van der Waals surface area contributed by atoms with E-state index in [9.17, 15) is 9.59 Å². The third-order valence-corrected chi connectivity index (χ3v) is 1.93. The molecule has 1 aromatic rings. The molecule has 0 saturated heterocycles. The lowest BCUT2D eigenvalue weighted by Crippen LogP contribution is -2.17. The summed E-state index contributed by atoms with van der Waals surface area (Å²) in [6, 6.07) is 3.04. The summed E-state index contributed by atoms with van der Waals surface area (Å²) in [5.74, 6) is 0. The largest absolute Gasteiger partial charge is 0.319 e. The SMILES string of the molecule is CC.CCC.Cc1c(N=CNC=O)ccc(=O)n1C. The van der Waals surface area contributed by atoms with Crippen LogP contribution in [-0.2, 0) is 11.8 Å². The average Bonchev–Trinajstić information content (AvgIpc) is 2.42. The molecule has 0 bridgehead atoms. The molecule has 0 aliphatic carbocycles. The minimum absolute atomic E-state index is 0.0789. The molecule has 0 aliphatic heterocycles. The zero-order valence-corrected chi connectivity index (χ0v) is 12.7. The van der Waals surface area contributed by atoms with Crippen LogP contribution in [0.4, 0.5) is 5.69 Å². The molecule has 1 aromatic heterocycles. The summed E-state index contributed by atoms with van der Waals surface area (Å²) in [5.41, 5.74) is 1.33. The fraction of sp³-hybridized carbons (Fsp3) is 0.500. The monoisotopic (exact) mass is 267 g/mol. The van der Waals surface area contributed by atoms with Crippen molar-refractivity contribution in [2.24, 2.45) is 12.0 Å². The van der Waals surface area contributed by atoms with Gasteiger partial charge in [0.1, 0.15) is 0 Å². The van der Waals surface area contributed by atoms with Crippen molar-refractivity contribution < 1.29 is 4.79 Å². The number of nitrogens with one attached hydrogen (secondary N) is 1. The predicted molar refractivity (Wildman–Crippen MR) is 81.1 cm³/mol. The molecular formula is C14H25N3O2. The van der Waals surface area contributed by atoms with Crippen molar-refractivity contribution in [1.82, 2.24) is 9.88 Å². The van der Waals surface area contributed by atoms with E-state index in [2.05, 4.69) is 24.2 Å². The number of hydrogen-bond donors (Lipinski definition) is 1. The van der Waals surface area contributed by atoms with Crippen LogP contribution < -0.4 is 10.9 Å². The van der Waals surface area contributed by atoms with E-state index in [1.54, 1.807) is 20.0 Å². The molecule has 1 heterocycles. The van der Waals surface area contributed by atoms with Crippen molar-refractivity contribution in [3.63, 3.8) is 0 Å². The van der Waals surface area contributed by atoms with Gasteiger partial charge in [-0.05, 0) is 13.0 Å². The summed E-state index contributed by atoms with van der Waals surface area (Å²) in [7, 11) is 1.67. The molecule has 5 heteroatoms. The highest BCUT2D eigenvalue weighted by atomic mass is 16.1. The van der Waals surface area contributed by atoms with Gasteiger partial charge in [-0.25, -0.2) is 4.99 Å². The number of rotatable bonds is 3. The summed E-state index contributed by atoms with van der Waals surface area (Å²) in [6.45, 7) is 10.0. The minimum Gasteiger partial charge on any atom is -0.319 e. The number of carbonyl (C=O) groups is 1. The van der Waals surface area contributed by atoms with Gasteiger partial charge in [0.15, 0.2) is 0 Å². The van der Waals surface area contributed by atoms with E-state index in [4.69, 9.17) is 0 Å². The summed E-state index contributed by atoms with van der Waals surface area (Å²) >= 11 is 0. The number of carbonyl (C=O) groups excluding carboxylic acids is 1. The summed E-state index contributed by atoms with van der Waals surface area (Å²) < 4.78 is 1.49. The lowest BCUT2D eigenvalue weighted by molar-refractivity contribution is -0.108. The molecule has 5 nitrogen and oxygen atoms in total. The van der Waals surface area contributed by atoms with Crippen LogP contribution in [0.3, 0.4) is 0 Å². The molecule has 0 unspecified atom stereocenters. The number of amides is 1. The van der Waals surface area contributed by atoms with Crippen LogP contribution in [0.5, 0.6) is 0 Å². The highest BCUT2D eigenvalue weighted by molar-refractivity contribution is 5.74. The van der Waals surface area contributed by atoms with Gasteiger partial charge in [-0.3, -0.25) is 9.59 Å². The van der Waals surface area contributed by atoms with E-state index >= 15 is 0 Å². The maximum Gasteiger partial charge on any atom is 0.250 e. The van der Waals surface area contributed by atoms with Gasteiger partial charge in [-0.2, -0.15) is 0 Å². The third kappa shape index (κ3) is 7.91. The van der Waals surface area contributed by atoms with E-state index in [0.717, 1.165) is 5.69 Å². The molecule has 0 aromatic carbocycles. The van der Waals surface area contributed by atoms with E-state index in [0.29, 0.717) is 12.1 Å². The van der Waals surface area contributed by atoms with Crippen molar-refractivity contribution >= 4 is 18.4 Å². The van der Waals surface area contributed by atoms with Gasteiger partial charge in [0.2, 0.25) is 6.41 Å². The molecule has 1 N–H and O–H groups in total. The van der Waals surface area contributed by atoms with Gasteiger partial charge in [0.25, 0.3) is 5.56 Å². The molecule has 0 saturated carbocycles. The van der Waals surface area contributed by atoms with Gasteiger partial charge in [0.05, 0.1) is 12.0 Å². The Morgan fingerprint density at radius 2 is 1.84 bits per heavy atom. The van der Waals surface area contributed by atoms with Crippen LogP contribution in [0.2, 0.25) is 0 Å². The maximum atomic E-state index is 11.2. The predicted octanol–water partition coefficient (Wildman–Crippen LogP) is 2.54. The second kappa shape index (κ2) is 12.5. The van der Waals surface area contributed by atoms with Crippen LogP contribution in [0.1, 0.15) is 39.8 Å². The molecule has 1 rings (SSSR count). The number of nitrogens with zero attached hydrogens (tertiary/aromatic N) is 2. The minimum atomic E-state index is -0.0789. The molecule has 0 atom stereocenters. The fourth-order valence-electron chi connectivity index (χ4n) is 0.993. The Hall–Kier alpha value is -1.91. The molecule has 0 spiro atoms. The number of pyridine rings is 1. The Labute approximate surface area is 115 Å². The van der Waals surface area contributed by atoms with Gasteiger partial charge in [0, 0.05) is 18.8 Å². The Morgan fingerprint density at radius 3 is 2.32 bits per heavy atom. The zero-order chi connectivity index (χ0) is 15.3. The van der Waals surface area contributed by atoms with E-state index in [1.165, 1.54) is 23.4 Å². The first-order chi connectivity index (χ1) is 9.08. The summed E-state index contributed by atoms with van der Waals surface area (Å²) in [5, 5.41) is 2.30. The normalized spacial score (nSPS) is 8.95. The number of aliphatic imine (C=N–C) groups is 1. The molecule has 108 valence electrons. The third-order valence-electron chi connectivity index (χ3n) is 1.93. The molecule has 0 fully saturated rings. The lowest BCUT2D eigenvalue weighted by Gasteiger charge is -2.04. The summed E-state index contributed by atoms with van der Waals surface area (Å²) in [6.07, 6.45) is 3.06. The highest BCUT2D eigenvalue weighted by Crippen LogP contribution is 2.13. The lowest BCUT2D eigenvalue weighted by atomic mass is 10.3. The van der Waals surface area contributed by atoms with Crippen LogP contribution in [-0.4, -0.2) is 17.3 Å². The number of hydrogen-bond acceptors (Lipinski definition) is 3. The Morgan fingerprint density at radius 1 is 1.32 bits per heavy atom. The van der Waals surface area contributed by atoms with Gasteiger partial charge in [-0.15, -0.1) is 0 Å². The Balaban J connectivity index is 0. The zero-order valence-electron chi connectivity index (χ0n) is 12.7. The van der Waals surface area contributed by atoms with Crippen molar-refractivity contribution in [3.05, 3.63) is 28.2 Å². The summed E-state index contributed by atoms with van der Waals surface area (Å²) in [4.78, 5) is 25.1. The van der Waals surface area contributed by atoms with Gasteiger partial charge in [-0.1, -0.05) is 34.1 Å². The molecule has 19 heavy (non-hydrogen) atoms.